The molecular weight excluding hydrogens is 413 g/mol. The number of hydrogen-bond donors (Lipinski definition) is 2. The first kappa shape index (κ1) is 19.6. The second-order valence-corrected chi connectivity index (χ2v) is 7.84. The number of carboxylic acid groups (broad SMARTS) is 1. The Morgan fingerprint density at radius 2 is 2.12 bits per heavy atom. The molecule has 0 amide bonds. The largest absolute Gasteiger partial charge is 0.481 e. The highest BCUT2D eigenvalue weighted by Gasteiger charge is 2.22. The minimum Gasteiger partial charge on any atom is -0.481 e. The molecule has 0 fully saturated rings. The second kappa shape index (κ2) is 8.09. The zero-order chi connectivity index (χ0) is 18.6. The first-order valence-electron chi connectivity index (χ1n) is 6.47. The van der Waals surface area contributed by atoms with Gasteiger partial charge < -0.3 is 9.84 Å². The number of hydrogen-bond acceptors (Lipinski definition) is 7. The number of anilines is 1. The van der Waals surface area contributed by atoms with Gasteiger partial charge in [-0.05, 0) is 12.1 Å². The third kappa shape index (κ3) is 4.88. The predicted octanol–water partition coefficient (Wildman–Crippen LogP) is 2.77. The van der Waals surface area contributed by atoms with Gasteiger partial charge in [0.1, 0.15) is 9.92 Å². The van der Waals surface area contributed by atoms with Crippen molar-refractivity contribution in [2.75, 3.05) is 17.6 Å². The van der Waals surface area contributed by atoms with Crippen molar-refractivity contribution in [1.29, 1.82) is 0 Å². The van der Waals surface area contributed by atoms with Crippen molar-refractivity contribution in [1.82, 2.24) is 9.97 Å². The van der Waals surface area contributed by atoms with Crippen LogP contribution in [0.2, 0.25) is 10.0 Å². The fraction of sp³-hybridized carbons (Fsp3) is 0.154. The van der Waals surface area contributed by atoms with Crippen LogP contribution in [-0.4, -0.2) is 42.3 Å². The molecular formula is C13H11Cl2N3O5S2. The molecule has 0 unspecified atom stereocenters. The number of thioether (sulfide) groups is 1. The molecule has 2 aromatic rings. The highest BCUT2D eigenvalue weighted by molar-refractivity contribution is 7.99. The van der Waals surface area contributed by atoms with Crippen LogP contribution in [-0.2, 0) is 14.8 Å². The smallest absolute Gasteiger partial charge is 0.313 e. The van der Waals surface area contributed by atoms with Gasteiger partial charge in [0, 0.05) is 0 Å². The van der Waals surface area contributed by atoms with Gasteiger partial charge >= 0.3 is 5.97 Å². The number of carbonyl (C=O) groups is 1. The van der Waals surface area contributed by atoms with E-state index in [4.69, 9.17) is 33.0 Å². The van der Waals surface area contributed by atoms with Crippen molar-refractivity contribution in [2.24, 2.45) is 0 Å². The van der Waals surface area contributed by atoms with Crippen molar-refractivity contribution >= 4 is 56.8 Å². The van der Waals surface area contributed by atoms with Gasteiger partial charge in [0.15, 0.2) is 0 Å². The molecule has 0 aliphatic rings. The third-order valence-electron chi connectivity index (χ3n) is 2.69. The van der Waals surface area contributed by atoms with Crippen LogP contribution in [0.5, 0.6) is 5.88 Å². The molecule has 0 spiro atoms. The monoisotopic (exact) mass is 423 g/mol. The van der Waals surface area contributed by atoms with E-state index in [9.17, 15) is 13.2 Å². The number of methoxy groups -OCH3 is 1. The molecule has 0 saturated carbocycles. The summed E-state index contributed by atoms with van der Waals surface area (Å²) >= 11 is 12.7. The summed E-state index contributed by atoms with van der Waals surface area (Å²) in [5.74, 6) is -1.53. The molecule has 0 radical (unpaired) electrons. The summed E-state index contributed by atoms with van der Waals surface area (Å²) in [6.45, 7) is 0. The molecule has 8 nitrogen and oxygen atoms in total. The Hall–Kier alpha value is -1.75. The lowest BCUT2D eigenvalue weighted by molar-refractivity contribution is -0.133. The van der Waals surface area contributed by atoms with Gasteiger partial charge in [-0.1, -0.05) is 41.0 Å². The standard InChI is InChI=1S/C13H11Cl2N3O5S2/c1-23-13-12(16-5-9(17-13)24-6-10(19)20)18-25(21,22)8-4-2-3-7(14)11(8)15/h2-5H,6H2,1H3,(H,16,18)(H,19,20). The summed E-state index contributed by atoms with van der Waals surface area (Å²) in [6, 6.07) is 4.18. The van der Waals surface area contributed by atoms with Gasteiger partial charge in [-0.3, -0.25) is 9.52 Å². The molecule has 1 aromatic carbocycles. The normalized spacial score (nSPS) is 11.2. The average molecular weight is 424 g/mol. The second-order valence-electron chi connectivity index (χ2n) is 4.41. The molecule has 1 aromatic heterocycles. The Bertz CT molecular complexity index is 909. The molecule has 0 aliphatic heterocycles. The minimum absolute atomic E-state index is 0.0861. The van der Waals surface area contributed by atoms with E-state index in [-0.39, 0.29) is 37.4 Å². The van der Waals surface area contributed by atoms with E-state index >= 15 is 0 Å². The summed E-state index contributed by atoms with van der Waals surface area (Å²) in [5, 5.41) is 8.89. The van der Waals surface area contributed by atoms with E-state index in [0.717, 1.165) is 11.8 Å². The molecule has 0 saturated heterocycles. The van der Waals surface area contributed by atoms with Crippen LogP contribution >= 0.6 is 35.0 Å². The van der Waals surface area contributed by atoms with E-state index in [1.807, 2.05) is 0 Å². The van der Waals surface area contributed by atoms with Crippen LogP contribution in [0, 0.1) is 0 Å². The lowest BCUT2D eigenvalue weighted by Crippen LogP contribution is -2.16. The maximum absolute atomic E-state index is 12.5. The molecule has 1 heterocycles. The van der Waals surface area contributed by atoms with Crippen molar-refractivity contribution in [3.05, 3.63) is 34.4 Å². The summed E-state index contributed by atoms with van der Waals surface area (Å²) in [6.07, 6.45) is 1.23. The van der Waals surface area contributed by atoms with Crippen LogP contribution in [0.1, 0.15) is 0 Å². The number of benzene rings is 1. The van der Waals surface area contributed by atoms with Crippen molar-refractivity contribution in [2.45, 2.75) is 9.92 Å². The van der Waals surface area contributed by atoms with Crippen LogP contribution in [0.25, 0.3) is 0 Å². The molecule has 25 heavy (non-hydrogen) atoms. The number of aromatic nitrogens is 2. The van der Waals surface area contributed by atoms with Crippen molar-refractivity contribution in [3.63, 3.8) is 0 Å². The van der Waals surface area contributed by atoms with Crippen LogP contribution in [0.4, 0.5) is 5.82 Å². The van der Waals surface area contributed by atoms with E-state index in [0.29, 0.717) is 0 Å². The Labute approximate surface area is 157 Å². The lowest BCUT2D eigenvalue weighted by atomic mass is 10.4. The van der Waals surface area contributed by atoms with E-state index in [2.05, 4.69) is 14.7 Å². The number of sulfonamides is 1. The van der Waals surface area contributed by atoms with Crippen LogP contribution in [0.15, 0.2) is 34.3 Å². The summed E-state index contributed by atoms with van der Waals surface area (Å²) in [4.78, 5) is 18.3. The molecule has 0 atom stereocenters. The molecule has 0 aliphatic carbocycles. The summed E-state index contributed by atoms with van der Waals surface area (Å²) in [7, 11) is -2.81. The van der Waals surface area contributed by atoms with E-state index in [1.54, 1.807) is 0 Å². The van der Waals surface area contributed by atoms with Gasteiger partial charge in [-0.15, -0.1) is 0 Å². The van der Waals surface area contributed by atoms with Gasteiger partial charge in [0.2, 0.25) is 5.82 Å². The van der Waals surface area contributed by atoms with Crippen LogP contribution in [0.3, 0.4) is 0 Å². The zero-order valence-corrected chi connectivity index (χ0v) is 15.7. The minimum atomic E-state index is -4.09. The molecule has 12 heteroatoms. The van der Waals surface area contributed by atoms with E-state index < -0.39 is 16.0 Å². The first-order valence-corrected chi connectivity index (χ1v) is 9.69. The van der Waals surface area contributed by atoms with Gasteiger partial charge in [-0.25, -0.2) is 18.4 Å². The SMILES string of the molecule is COc1nc(SCC(=O)O)cnc1NS(=O)(=O)c1cccc(Cl)c1Cl. The molecule has 2 rings (SSSR count). The Morgan fingerprint density at radius 1 is 1.40 bits per heavy atom. The highest BCUT2D eigenvalue weighted by atomic mass is 35.5. The first-order chi connectivity index (χ1) is 11.7. The molecule has 134 valence electrons. The maximum atomic E-state index is 12.5. The topological polar surface area (TPSA) is 118 Å². The number of aliphatic carboxylic acids is 1. The van der Waals surface area contributed by atoms with E-state index in [1.165, 1.54) is 31.5 Å². The summed E-state index contributed by atoms with van der Waals surface area (Å²) in [5.41, 5.74) is 0. The van der Waals surface area contributed by atoms with Gasteiger partial charge in [0.25, 0.3) is 15.9 Å². The number of ether oxygens (including phenoxy) is 1. The number of halogens is 2. The number of nitrogens with zero attached hydrogens (tertiary/aromatic N) is 2. The molecule has 2 N–H and O–H groups in total. The zero-order valence-electron chi connectivity index (χ0n) is 12.6. The maximum Gasteiger partial charge on any atom is 0.313 e. The van der Waals surface area contributed by atoms with Gasteiger partial charge in [-0.2, -0.15) is 0 Å². The fourth-order valence-electron chi connectivity index (χ4n) is 1.65. The lowest BCUT2D eigenvalue weighted by Gasteiger charge is -2.12. The van der Waals surface area contributed by atoms with Crippen molar-refractivity contribution in [3.8, 4) is 5.88 Å². The predicted molar refractivity (Wildman–Crippen MR) is 94.2 cm³/mol. The number of nitrogens with one attached hydrogen (secondary N) is 1. The average Bonchev–Trinajstić information content (AvgIpc) is 2.55. The van der Waals surface area contributed by atoms with Crippen molar-refractivity contribution < 1.29 is 23.1 Å². The summed E-state index contributed by atoms with van der Waals surface area (Å²) < 4.78 is 32.2. The Kier molecular flexibility index (Phi) is 6.33. The Morgan fingerprint density at radius 3 is 2.76 bits per heavy atom. The van der Waals surface area contributed by atoms with Gasteiger partial charge in [0.05, 0.1) is 29.1 Å². The fourth-order valence-corrected chi connectivity index (χ4v) is 3.96. The molecule has 0 bridgehead atoms. The third-order valence-corrected chi connectivity index (χ3v) is 5.89. The van der Waals surface area contributed by atoms with Crippen LogP contribution < -0.4 is 9.46 Å². The number of rotatable bonds is 7. The quantitative estimate of drug-likeness (QED) is 0.652. The Balaban J connectivity index is 2.32. The number of carboxylic acids is 1. The highest BCUT2D eigenvalue weighted by Crippen LogP contribution is 2.31.